The van der Waals surface area contributed by atoms with Crippen LogP contribution in [0.15, 0.2) is 40.3 Å². The van der Waals surface area contributed by atoms with E-state index in [0.717, 1.165) is 5.56 Å². The first-order chi connectivity index (χ1) is 11.4. The summed E-state index contributed by atoms with van der Waals surface area (Å²) in [4.78, 5) is 16.1. The van der Waals surface area contributed by atoms with Gasteiger partial charge in [0.25, 0.3) is 5.56 Å². The van der Waals surface area contributed by atoms with Crippen LogP contribution in [0.5, 0.6) is 0 Å². The van der Waals surface area contributed by atoms with Crippen LogP contribution in [0, 0.1) is 24.4 Å². The van der Waals surface area contributed by atoms with Crippen LogP contribution in [0.2, 0.25) is 0 Å². The van der Waals surface area contributed by atoms with Crippen molar-refractivity contribution in [1.29, 1.82) is 0 Å². The lowest BCUT2D eigenvalue weighted by atomic mass is 10.2. The van der Waals surface area contributed by atoms with Crippen LogP contribution in [-0.4, -0.2) is 15.3 Å². The quantitative estimate of drug-likeness (QED) is 0.403. The molecule has 0 spiro atoms. The normalized spacial score (nSPS) is 11.2. The van der Waals surface area contributed by atoms with Gasteiger partial charge in [0.2, 0.25) is 0 Å². The van der Waals surface area contributed by atoms with Crippen LogP contribution < -0.4 is 5.56 Å². The second kappa shape index (κ2) is 6.32. The molecule has 0 saturated carbocycles. The van der Waals surface area contributed by atoms with Crippen molar-refractivity contribution in [2.75, 3.05) is 5.75 Å². The van der Waals surface area contributed by atoms with E-state index in [1.807, 2.05) is 13.8 Å². The van der Waals surface area contributed by atoms with E-state index in [1.54, 1.807) is 24.3 Å². The Labute approximate surface area is 140 Å². The topological polar surface area (TPSA) is 34.9 Å². The Hall–Kier alpha value is -2.28. The monoisotopic (exact) mass is 350 g/mol. The van der Waals surface area contributed by atoms with Gasteiger partial charge < -0.3 is 0 Å². The van der Waals surface area contributed by atoms with Crippen molar-refractivity contribution in [3.63, 3.8) is 0 Å². The molecule has 1 heterocycles. The van der Waals surface area contributed by atoms with Gasteiger partial charge in [-0.25, -0.2) is 13.2 Å². The van der Waals surface area contributed by atoms with Gasteiger partial charge >= 0.3 is 0 Å². The van der Waals surface area contributed by atoms with Crippen molar-refractivity contribution in [2.45, 2.75) is 19.0 Å². The summed E-state index contributed by atoms with van der Waals surface area (Å²) in [7, 11) is 0. The maximum Gasteiger partial charge on any atom is 0.281 e. The highest BCUT2D eigenvalue weighted by Crippen LogP contribution is 2.28. The maximum atomic E-state index is 14.5. The summed E-state index contributed by atoms with van der Waals surface area (Å²) in [5.74, 6) is -3.84. The van der Waals surface area contributed by atoms with Crippen LogP contribution in [0.1, 0.15) is 12.5 Å². The van der Waals surface area contributed by atoms with E-state index in [2.05, 4.69) is 4.98 Å². The average molecular weight is 350 g/mol. The van der Waals surface area contributed by atoms with Crippen LogP contribution in [0.4, 0.5) is 13.2 Å². The second-order valence-corrected chi connectivity index (χ2v) is 6.42. The van der Waals surface area contributed by atoms with Gasteiger partial charge in [0.15, 0.2) is 22.6 Å². The van der Waals surface area contributed by atoms with Crippen LogP contribution in [-0.2, 0) is 0 Å². The summed E-state index contributed by atoms with van der Waals surface area (Å²) in [5.41, 5.74) is 0.397. The number of aromatic nitrogens is 2. The third-order valence-electron chi connectivity index (χ3n) is 3.54. The lowest BCUT2D eigenvalue weighted by molar-refractivity contribution is 0.451. The number of fused-ring (bicyclic) bond motifs is 1. The van der Waals surface area contributed by atoms with Crippen LogP contribution in [0.3, 0.4) is 0 Å². The summed E-state index contributed by atoms with van der Waals surface area (Å²) < 4.78 is 43.1. The lowest BCUT2D eigenvalue weighted by Crippen LogP contribution is -2.17. The molecule has 0 atom stereocenters. The summed E-state index contributed by atoms with van der Waals surface area (Å²) in [6, 6.07) is 7.71. The molecule has 3 nitrogen and oxygen atoms in total. The molecular formula is C17H13F3N2OS. The highest BCUT2D eigenvalue weighted by molar-refractivity contribution is 7.99. The summed E-state index contributed by atoms with van der Waals surface area (Å²) in [6.45, 7) is 3.74. The molecule has 0 fully saturated rings. The molecule has 0 aliphatic carbocycles. The first-order valence-corrected chi connectivity index (χ1v) is 8.22. The van der Waals surface area contributed by atoms with Crippen LogP contribution in [0.25, 0.3) is 16.6 Å². The molecule has 0 saturated heterocycles. The molecule has 0 radical (unpaired) electrons. The van der Waals surface area contributed by atoms with Gasteiger partial charge in [-0.3, -0.25) is 9.36 Å². The number of benzene rings is 2. The summed E-state index contributed by atoms with van der Waals surface area (Å²) >= 11 is 1.22. The zero-order chi connectivity index (χ0) is 17.4. The minimum absolute atomic E-state index is 0.226. The Bertz CT molecular complexity index is 984. The largest absolute Gasteiger partial charge is 0.286 e. The standard InChI is InChI=1S/C17H13F3N2OS/c1-3-24-17-21-16(23)11-8-12(18)13(19)14(20)15(11)22(17)10-6-4-9(2)5-7-10/h4-8H,3H2,1-2H3. The molecule has 0 bridgehead atoms. The van der Waals surface area contributed by atoms with Crippen molar-refractivity contribution in [2.24, 2.45) is 0 Å². The fourth-order valence-electron chi connectivity index (χ4n) is 2.42. The zero-order valence-electron chi connectivity index (χ0n) is 12.9. The van der Waals surface area contributed by atoms with Gasteiger partial charge in [-0.15, -0.1) is 0 Å². The third-order valence-corrected chi connectivity index (χ3v) is 4.37. The van der Waals surface area contributed by atoms with Crippen molar-refractivity contribution in [3.8, 4) is 5.69 Å². The molecule has 124 valence electrons. The second-order valence-electron chi connectivity index (χ2n) is 5.19. The predicted octanol–water partition coefficient (Wildman–Crippen LogP) is 4.22. The molecule has 24 heavy (non-hydrogen) atoms. The van der Waals surface area contributed by atoms with Crippen molar-refractivity contribution in [1.82, 2.24) is 9.55 Å². The number of hydrogen-bond donors (Lipinski definition) is 0. The van der Waals surface area contributed by atoms with E-state index in [0.29, 0.717) is 17.5 Å². The Kier molecular flexibility index (Phi) is 4.36. The zero-order valence-corrected chi connectivity index (χ0v) is 13.8. The smallest absolute Gasteiger partial charge is 0.281 e. The Morgan fingerprint density at radius 2 is 1.79 bits per heavy atom. The van der Waals surface area contributed by atoms with E-state index in [9.17, 15) is 18.0 Å². The molecule has 7 heteroatoms. The molecule has 3 rings (SSSR count). The molecule has 2 aromatic carbocycles. The Morgan fingerprint density at radius 1 is 1.12 bits per heavy atom. The van der Waals surface area contributed by atoms with Crippen LogP contribution >= 0.6 is 11.8 Å². The number of thioether (sulfide) groups is 1. The van der Waals surface area contributed by atoms with Crippen molar-refractivity contribution >= 4 is 22.7 Å². The molecule has 0 aliphatic rings. The number of aryl methyl sites for hydroxylation is 1. The van der Waals surface area contributed by atoms with Crippen molar-refractivity contribution in [3.05, 3.63) is 63.7 Å². The Morgan fingerprint density at radius 3 is 2.42 bits per heavy atom. The predicted molar refractivity (Wildman–Crippen MR) is 88.3 cm³/mol. The number of nitrogens with zero attached hydrogens (tertiary/aromatic N) is 2. The third kappa shape index (κ3) is 2.69. The number of halogens is 3. The molecule has 0 unspecified atom stereocenters. The minimum atomic E-state index is -1.61. The first kappa shape index (κ1) is 16.6. The van der Waals surface area contributed by atoms with E-state index < -0.39 is 23.0 Å². The number of hydrogen-bond acceptors (Lipinski definition) is 3. The minimum Gasteiger partial charge on any atom is -0.286 e. The van der Waals surface area contributed by atoms with E-state index in [4.69, 9.17) is 0 Å². The Balaban J connectivity index is 2.50. The molecule has 0 aliphatic heterocycles. The van der Waals surface area contributed by atoms with E-state index >= 15 is 0 Å². The molecule has 0 N–H and O–H groups in total. The summed E-state index contributed by atoms with van der Waals surface area (Å²) in [5, 5.41) is -0.0730. The molecule has 3 aromatic rings. The van der Waals surface area contributed by atoms with Gasteiger partial charge in [0.1, 0.15) is 0 Å². The molecule has 0 amide bonds. The van der Waals surface area contributed by atoms with Gasteiger partial charge in [0, 0.05) is 5.69 Å². The van der Waals surface area contributed by atoms with Gasteiger partial charge in [-0.2, -0.15) is 4.98 Å². The highest BCUT2D eigenvalue weighted by atomic mass is 32.2. The fraction of sp³-hybridized carbons (Fsp3) is 0.176. The molecule has 1 aromatic heterocycles. The van der Waals surface area contributed by atoms with Gasteiger partial charge in [-0.05, 0) is 30.9 Å². The SMILES string of the molecule is CCSc1nc(=O)c2cc(F)c(F)c(F)c2n1-c1ccc(C)cc1. The van der Waals surface area contributed by atoms with Crippen molar-refractivity contribution < 1.29 is 13.2 Å². The maximum absolute atomic E-state index is 14.5. The molecular weight excluding hydrogens is 337 g/mol. The summed E-state index contributed by atoms with van der Waals surface area (Å²) in [6.07, 6.45) is 0. The first-order valence-electron chi connectivity index (χ1n) is 7.24. The average Bonchev–Trinajstić information content (AvgIpc) is 2.55. The van der Waals surface area contributed by atoms with E-state index in [-0.39, 0.29) is 16.1 Å². The lowest BCUT2D eigenvalue weighted by Gasteiger charge is -2.16. The fourth-order valence-corrected chi connectivity index (χ4v) is 3.15. The number of rotatable bonds is 3. The highest BCUT2D eigenvalue weighted by Gasteiger charge is 2.21. The van der Waals surface area contributed by atoms with Gasteiger partial charge in [0.05, 0.1) is 10.9 Å². The van der Waals surface area contributed by atoms with E-state index in [1.165, 1.54) is 16.3 Å². The van der Waals surface area contributed by atoms with Gasteiger partial charge in [-0.1, -0.05) is 36.4 Å².